The fraction of sp³-hybridized carbons (Fsp3) is 0.333. The van der Waals surface area contributed by atoms with Gasteiger partial charge in [-0.1, -0.05) is 12.1 Å². The number of carbonyl (C=O) groups excluding carboxylic acids is 1. The molecule has 0 aliphatic carbocycles. The molecule has 0 atom stereocenters. The predicted molar refractivity (Wildman–Crippen MR) is 110 cm³/mol. The Labute approximate surface area is 178 Å². The van der Waals surface area contributed by atoms with E-state index in [-0.39, 0.29) is 36.4 Å². The van der Waals surface area contributed by atoms with E-state index < -0.39 is 11.7 Å². The summed E-state index contributed by atoms with van der Waals surface area (Å²) in [6, 6.07) is 8.51. The molecule has 1 aromatic heterocycles. The summed E-state index contributed by atoms with van der Waals surface area (Å²) in [7, 11) is 1.56. The molecule has 0 bridgehead atoms. The quantitative estimate of drug-likeness (QED) is 0.304. The first kappa shape index (κ1) is 23.8. The van der Waals surface area contributed by atoms with E-state index in [0.717, 1.165) is 17.7 Å². The van der Waals surface area contributed by atoms with Crippen molar-refractivity contribution in [1.29, 1.82) is 0 Å². The number of carbonyl (C=O) groups is 1. The van der Waals surface area contributed by atoms with Gasteiger partial charge in [-0.05, 0) is 36.2 Å². The molecule has 0 aliphatic heterocycles. The van der Waals surface area contributed by atoms with Crippen LogP contribution in [-0.2, 0) is 23.9 Å². The summed E-state index contributed by atoms with van der Waals surface area (Å²) >= 11 is 0. The zero-order chi connectivity index (χ0) is 19.7. The molecule has 10 heteroatoms. The summed E-state index contributed by atoms with van der Waals surface area (Å²) in [4.78, 5) is 15.8. The summed E-state index contributed by atoms with van der Waals surface area (Å²) in [6.45, 7) is 0.785. The highest BCUT2D eigenvalue weighted by atomic mass is 127. The second-order valence-corrected chi connectivity index (χ2v) is 5.65. The van der Waals surface area contributed by atoms with Crippen LogP contribution in [0.5, 0.6) is 0 Å². The maximum absolute atomic E-state index is 12.5. The lowest BCUT2D eigenvalue weighted by molar-refractivity contribution is -0.137. The van der Waals surface area contributed by atoms with Gasteiger partial charge in [0.1, 0.15) is 5.76 Å². The third kappa shape index (κ3) is 8.19. The number of alkyl halides is 3. The lowest BCUT2D eigenvalue weighted by Crippen LogP contribution is -2.43. The molecule has 0 radical (unpaired) electrons. The number of aliphatic imine (C=N–C) groups is 1. The third-order valence-corrected chi connectivity index (χ3v) is 3.67. The SMILES string of the molecule is CN=C(NCCc1ccc(C(F)(F)F)cc1)NCC(=O)NCc1ccco1.I. The standard InChI is InChI=1S/C18H21F3N4O2.HI/c1-22-17(25-12-16(26)24-11-15-3-2-10-27-15)23-9-8-13-4-6-14(7-5-13)18(19,20)21;/h2-7,10H,8-9,11-12H2,1H3,(H,24,26)(H2,22,23,25);1H. The molecule has 0 saturated carbocycles. The van der Waals surface area contributed by atoms with Gasteiger partial charge in [0.05, 0.1) is 24.9 Å². The summed E-state index contributed by atoms with van der Waals surface area (Å²) in [5.41, 5.74) is 0.0967. The number of hydrogen-bond acceptors (Lipinski definition) is 3. The van der Waals surface area contributed by atoms with Crippen molar-refractivity contribution in [3.63, 3.8) is 0 Å². The van der Waals surface area contributed by atoms with Gasteiger partial charge in [0.15, 0.2) is 5.96 Å². The van der Waals surface area contributed by atoms with Crippen LogP contribution in [0.4, 0.5) is 13.2 Å². The minimum atomic E-state index is -4.33. The zero-order valence-corrected chi connectivity index (χ0v) is 17.5. The van der Waals surface area contributed by atoms with Gasteiger partial charge in [-0.3, -0.25) is 9.79 Å². The van der Waals surface area contributed by atoms with Crippen molar-refractivity contribution in [3.8, 4) is 0 Å². The van der Waals surface area contributed by atoms with E-state index in [2.05, 4.69) is 20.9 Å². The fourth-order valence-electron chi connectivity index (χ4n) is 2.23. The summed E-state index contributed by atoms with van der Waals surface area (Å²) < 4.78 is 42.7. The number of amides is 1. The average Bonchev–Trinajstić information content (AvgIpc) is 3.16. The van der Waals surface area contributed by atoms with Gasteiger partial charge in [0.2, 0.25) is 5.91 Å². The average molecular weight is 510 g/mol. The Morgan fingerprint density at radius 3 is 2.39 bits per heavy atom. The van der Waals surface area contributed by atoms with Gasteiger partial charge in [-0.25, -0.2) is 0 Å². The van der Waals surface area contributed by atoms with Crippen LogP contribution in [-0.4, -0.2) is 32.0 Å². The Morgan fingerprint density at radius 1 is 1.11 bits per heavy atom. The summed E-state index contributed by atoms with van der Waals surface area (Å²) in [5.74, 6) is 0.856. The Morgan fingerprint density at radius 2 is 1.82 bits per heavy atom. The monoisotopic (exact) mass is 510 g/mol. The second kappa shape index (κ2) is 11.6. The first-order valence-corrected chi connectivity index (χ1v) is 8.28. The van der Waals surface area contributed by atoms with E-state index >= 15 is 0 Å². The molecule has 2 rings (SSSR count). The van der Waals surface area contributed by atoms with Crippen LogP contribution in [0.2, 0.25) is 0 Å². The third-order valence-electron chi connectivity index (χ3n) is 3.67. The van der Waals surface area contributed by atoms with Crippen molar-refractivity contribution >= 4 is 35.8 Å². The van der Waals surface area contributed by atoms with E-state index in [0.29, 0.717) is 31.2 Å². The number of hydrogen-bond donors (Lipinski definition) is 3. The van der Waals surface area contributed by atoms with Gasteiger partial charge in [0, 0.05) is 13.6 Å². The van der Waals surface area contributed by atoms with Crippen molar-refractivity contribution < 1.29 is 22.4 Å². The molecule has 28 heavy (non-hydrogen) atoms. The Balaban J connectivity index is 0.00000392. The first-order valence-electron chi connectivity index (χ1n) is 8.28. The highest BCUT2D eigenvalue weighted by molar-refractivity contribution is 14.0. The molecule has 0 fully saturated rings. The minimum absolute atomic E-state index is 0. The molecule has 0 spiro atoms. The van der Waals surface area contributed by atoms with Crippen LogP contribution in [0.3, 0.4) is 0 Å². The largest absolute Gasteiger partial charge is 0.467 e. The molecule has 0 saturated heterocycles. The maximum Gasteiger partial charge on any atom is 0.416 e. The summed E-state index contributed by atoms with van der Waals surface area (Å²) in [6.07, 6.45) is -2.29. The number of nitrogens with zero attached hydrogens (tertiary/aromatic N) is 1. The maximum atomic E-state index is 12.5. The van der Waals surface area contributed by atoms with Crippen molar-refractivity contribution in [3.05, 3.63) is 59.5 Å². The van der Waals surface area contributed by atoms with Crippen molar-refractivity contribution in [2.75, 3.05) is 20.1 Å². The van der Waals surface area contributed by atoms with Crippen LogP contribution in [0.25, 0.3) is 0 Å². The predicted octanol–water partition coefficient (Wildman–Crippen LogP) is 2.94. The minimum Gasteiger partial charge on any atom is -0.467 e. The van der Waals surface area contributed by atoms with E-state index in [1.165, 1.54) is 18.4 Å². The molecule has 0 unspecified atom stereocenters. The lowest BCUT2D eigenvalue weighted by Gasteiger charge is -2.12. The molecule has 1 amide bonds. The molecule has 6 nitrogen and oxygen atoms in total. The molecule has 2 aromatic rings. The van der Waals surface area contributed by atoms with Crippen LogP contribution in [0.1, 0.15) is 16.9 Å². The lowest BCUT2D eigenvalue weighted by atomic mass is 10.1. The number of furan rings is 1. The highest BCUT2D eigenvalue weighted by Gasteiger charge is 2.29. The molecule has 154 valence electrons. The van der Waals surface area contributed by atoms with Crippen molar-refractivity contribution in [1.82, 2.24) is 16.0 Å². The Hall–Kier alpha value is -2.24. The van der Waals surface area contributed by atoms with Gasteiger partial charge in [-0.2, -0.15) is 13.2 Å². The van der Waals surface area contributed by atoms with Crippen LogP contribution >= 0.6 is 24.0 Å². The Kier molecular flexibility index (Phi) is 9.83. The van der Waals surface area contributed by atoms with Crippen molar-refractivity contribution in [2.24, 2.45) is 4.99 Å². The van der Waals surface area contributed by atoms with E-state index in [9.17, 15) is 18.0 Å². The molecular weight excluding hydrogens is 488 g/mol. The molecule has 1 heterocycles. The number of halogens is 4. The number of benzene rings is 1. The number of rotatable bonds is 7. The van der Waals surface area contributed by atoms with Crippen LogP contribution < -0.4 is 16.0 Å². The van der Waals surface area contributed by atoms with Crippen molar-refractivity contribution in [2.45, 2.75) is 19.1 Å². The van der Waals surface area contributed by atoms with E-state index in [4.69, 9.17) is 4.42 Å². The Bertz CT molecular complexity index is 747. The number of nitrogens with one attached hydrogen (secondary N) is 3. The van der Waals surface area contributed by atoms with Gasteiger partial charge >= 0.3 is 6.18 Å². The van der Waals surface area contributed by atoms with E-state index in [1.54, 1.807) is 19.2 Å². The van der Waals surface area contributed by atoms with E-state index in [1.807, 2.05) is 0 Å². The number of guanidine groups is 1. The highest BCUT2D eigenvalue weighted by Crippen LogP contribution is 2.29. The molecular formula is C18H22F3IN4O2. The summed E-state index contributed by atoms with van der Waals surface area (Å²) in [5, 5.41) is 8.56. The molecule has 0 aliphatic rings. The topological polar surface area (TPSA) is 78.7 Å². The van der Waals surface area contributed by atoms with Crippen LogP contribution in [0, 0.1) is 0 Å². The van der Waals surface area contributed by atoms with Gasteiger partial charge in [0.25, 0.3) is 0 Å². The van der Waals surface area contributed by atoms with Gasteiger partial charge < -0.3 is 20.4 Å². The fourth-order valence-corrected chi connectivity index (χ4v) is 2.23. The van der Waals surface area contributed by atoms with Crippen LogP contribution in [0.15, 0.2) is 52.1 Å². The molecule has 1 aromatic carbocycles. The molecule has 3 N–H and O–H groups in total. The first-order chi connectivity index (χ1) is 12.9. The van der Waals surface area contributed by atoms with Gasteiger partial charge in [-0.15, -0.1) is 24.0 Å². The zero-order valence-electron chi connectivity index (χ0n) is 15.2. The smallest absolute Gasteiger partial charge is 0.416 e. The second-order valence-electron chi connectivity index (χ2n) is 5.65. The normalized spacial score (nSPS) is 11.5.